The fourth-order valence-corrected chi connectivity index (χ4v) is 1.00. The van der Waals surface area contributed by atoms with Gasteiger partial charge in [-0.1, -0.05) is 0 Å². The van der Waals surface area contributed by atoms with E-state index < -0.39 is 17.9 Å². The van der Waals surface area contributed by atoms with Crippen LogP contribution in [0.2, 0.25) is 0 Å². The Labute approximate surface area is 82.6 Å². The Hall–Kier alpha value is -1.06. The number of hydrogen-bond acceptors (Lipinski definition) is 4. The molecule has 0 amide bonds. The van der Waals surface area contributed by atoms with E-state index >= 15 is 0 Å². The highest BCUT2D eigenvalue weighted by Crippen LogP contribution is 2.27. The smallest absolute Gasteiger partial charge is 0.320 e. The maximum Gasteiger partial charge on any atom is 0.320 e. The fraction of sp³-hybridized carbons (Fsp3) is 0.800. The van der Waals surface area contributed by atoms with Gasteiger partial charge in [0.1, 0.15) is 12.2 Å². The quantitative estimate of drug-likeness (QED) is 0.500. The molecule has 0 atom stereocenters. The van der Waals surface area contributed by atoms with E-state index in [2.05, 4.69) is 0 Å². The maximum atomic E-state index is 11.3. The lowest BCUT2D eigenvalue weighted by atomic mass is 10.2. The van der Waals surface area contributed by atoms with Gasteiger partial charge in [-0.2, -0.15) is 0 Å². The predicted molar refractivity (Wildman–Crippen MR) is 47.4 cm³/mol. The molecule has 0 bridgehead atoms. The number of carbonyl (C=O) groups is 2. The summed E-state index contributed by atoms with van der Waals surface area (Å²) in [6.07, 6.45) is 3.82. The molecule has 78 valence electrons. The van der Waals surface area contributed by atoms with E-state index in [1.165, 1.54) is 6.92 Å². The normalized spacial score (nSPS) is 20.7. The Bertz CT molecular complexity index is 227. The third-order valence-electron chi connectivity index (χ3n) is 2.32. The first-order valence-electron chi connectivity index (χ1n) is 5.08. The van der Waals surface area contributed by atoms with Gasteiger partial charge in [-0.15, -0.1) is 0 Å². The lowest BCUT2D eigenvalue weighted by Crippen LogP contribution is -2.26. The van der Waals surface area contributed by atoms with E-state index in [1.54, 1.807) is 0 Å². The van der Waals surface area contributed by atoms with Crippen molar-refractivity contribution in [2.45, 2.75) is 44.8 Å². The van der Waals surface area contributed by atoms with Crippen LogP contribution in [-0.2, 0) is 19.1 Å². The van der Waals surface area contributed by atoms with E-state index in [4.69, 9.17) is 9.47 Å². The van der Waals surface area contributed by atoms with Crippen LogP contribution in [-0.4, -0.2) is 24.1 Å². The molecular formula is C10H14O4. The van der Waals surface area contributed by atoms with Gasteiger partial charge in [0.2, 0.25) is 0 Å². The molecule has 0 N–H and O–H groups in total. The summed E-state index contributed by atoms with van der Waals surface area (Å²) in [7, 11) is 0. The highest BCUT2D eigenvalue weighted by molar-refractivity contribution is 5.94. The Balaban J connectivity index is 1.75. The van der Waals surface area contributed by atoms with Gasteiger partial charge in [0.15, 0.2) is 5.92 Å². The third kappa shape index (κ3) is 2.47. The van der Waals surface area contributed by atoms with E-state index in [0.29, 0.717) is 0 Å². The average molecular weight is 198 g/mol. The molecule has 0 aliphatic heterocycles. The first kappa shape index (κ1) is 9.49. The first-order chi connectivity index (χ1) is 6.66. The third-order valence-corrected chi connectivity index (χ3v) is 2.32. The van der Waals surface area contributed by atoms with E-state index in [0.717, 1.165) is 25.7 Å². The van der Waals surface area contributed by atoms with Gasteiger partial charge in [-0.25, -0.2) is 0 Å². The molecule has 0 aromatic heterocycles. The molecule has 4 heteroatoms. The van der Waals surface area contributed by atoms with Crippen LogP contribution in [0.5, 0.6) is 0 Å². The minimum absolute atomic E-state index is 0.0543. The minimum atomic E-state index is -0.767. The van der Waals surface area contributed by atoms with Crippen molar-refractivity contribution >= 4 is 11.9 Å². The SMILES string of the molecule is CC(C(=O)OC1CC1)C(=O)OC1CC1. The largest absolute Gasteiger partial charge is 0.462 e. The summed E-state index contributed by atoms with van der Waals surface area (Å²) < 4.78 is 10.0. The number of rotatable bonds is 4. The Morgan fingerprint density at radius 3 is 1.64 bits per heavy atom. The molecule has 2 saturated carbocycles. The molecular weight excluding hydrogens is 184 g/mol. The van der Waals surface area contributed by atoms with Crippen LogP contribution >= 0.6 is 0 Å². The van der Waals surface area contributed by atoms with Crippen molar-refractivity contribution in [3.05, 3.63) is 0 Å². The van der Waals surface area contributed by atoms with Crippen LogP contribution in [0, 0.1) is 5.92 Å². The van der Waals surface area contributed by atoms with E-state index in [9.17, 15) is 9.59 Å². The lowest BCUT2D eigenvalue weighted by molar-refractivity contribution is -0.162. The van der Waals surface area contributed by atoms with E-state index in [-0.39, 0.29) is 12.2 Å². The zero-order valence-electron chi connectivity index (χ0n) is 8.19. The Kier molecular flexibility index (Phi) is 2.44. The summed E-state index contributed by atoms with van der Waals surface area (Å²) in [5.74, 6) is -1.66. The standard InChI is InChI=1S/C10H14O4/c1-6(9(11)13-7-2-3-7)10(12)14-8-4-5-8/h6-8H,2-5H2,1H3. The molecule has 0 saturated heterocycles. The summed E-state index contributed by atoms with van der Waals surface area (Å²) >= 11 is 0. The van der Waals surface area contributed by atoms with Crippen LogP contribution in [0.25, 0.3) is 0 Å². The fourth-order valence-electron chi connectivity index (χ4n) is 1.00. The van der Waals surface area contributed by atoms with Gasteiger partial charge >= 0.3 is 11.9 Å². The molecule has 2 aliphatic rings. The minimum Gasteiger partial charge on any atom is -0.462 e. The molecule has 2 fully saturated rings. The summed E-state index contributed by atoms with van der Waals surface area (Å²) in [5, 5.41) is 0. The first-order valence-corrected chi connectivity index (χ1v) is 5.08. The average Bonchev–Trinajstić information content (AvgIpc) is 2.97. The molecule has 2 rings (SSSR count). The van der Waals surface area contributed by atoms with Gasteiger partial charge in [-0.3, -0.25) is 9.59 Å². The maximum absolute atomic E-state index is 11.3. The lowest BCUT2D eigenvalue weighted by Gasteiger charge is -2.10. The van der Waals surface area contributed by atoms with Crippen LogP contribution in [0.15, 0.2) is 0 Å². The van der Waals surface area contributed by atoms with Crippen LogP contribution in [0.4, 0.5) is 0 Å². The van der Waals surface area contributed by atoms with Gasteiger partial charge in [0.05, 0.1) is 0 Å². The van der Waals surface area contributed by atoms with Crippen molar-refractivity contribution in [3.63, 3.8) is 0 Å². The highest BCUT2D eigenvalue weighted by Gasteiger charge is 2.34. The molecule has 0 aromatic rings. The Morgan fingerprint density at radius 1 is 1.00 bits per heavy atom. The monoisotopic (exact) mass is 198 g/mol. The molecule has 4 nitrogen and oxygen atoms in total. The number of hydrogen-bond donors (Lipinski definition) is 0. The van der Waals surface area contributed by atoms with Gasteiger partial charge in [-0.05, 0) is 32.6 Å². The van der Waals surface area contributed by atoms with Crippen molar-refractivity contribution in [2.24, 2.45) is 5.92 Å². The summed E-state index contributed by atoms with van der Waals surface area (Å²) in [6, 6.07) is 0. The molecule has 14 heavy (non-hydrogen) atoms. The molecule has 0 aromatic carbocycles. The second-order valence-corrected chi connectivity index (χ2v) is 3.99. The summed E-state index contributed by atoms with van der Waals surface area (Å²) in [5.41, 5.74) is 0. The zero-order chi connectivity index (χ0) is 10.1. The highest BCUT2D eigenvalue weighted by atomic mass is 16.6. The number of carbonyl (C=O) groups excluding carboxylic acids is 2. The number of ether oxygens (including phenoxy) is 2. The van der Waals surface area contributed by atoms with Gasteiger partial charge in [0, 0.05) is 0 Å². The van der Waals surface area contributed by atoms with Crippen LogP contribution in [0.3, 0.4) is 0 Å². The second-order valence-electron chi connectivity index (χ2n) is 3.99. The van der Waals surface area contributed by atoms with Gasteiger partial charge < -0.3 is 9.47 Å². The van der Waals surface area contributed by atoms with Crippen molar-refractivity contribution in [3.8, 4) is 0 Å². The van der Waals surface area contributed by atoms with Crippen molar-refractivity contribution in [1.82, 2.24) is 0 Å². The topological polar surface area (TPSA) is 52.6 Å². The van der Waals surface area contributed by atoms with Crippen LogP contribution in [0.1, 0.15) is 32.6 Å². The zero-order valence-corrected chi connectivity index (χ0v) is 8.19. The molecule has 2 aliphatic carbocycles. The van der Waals surface area contributed by atoms with Crippen molar-refractivity contribution in [2.75, 3.05) is 0 Å². The molecule has 0 unspecified atom stereocenters. The van der Waals surface area contributed by atoms with E-state index in [1.807, 2.05) is 0 Å². The number of esters is 2. The predicted octanol–water partition coefficient (Wildman–Crippen LogP) is 1.03. The van der Waals surface area contributed by atoms with Gasteiger partial charge in [0.25, 0.3) is 0 Å². The Morgan fingerprint density at radius 2 is 1.36 bits per heavy atom. The van der Waals surface area contributed by atoms with Crippen molar-refractivity contribution < 1.29 is 19.1 Å². The summed E-state index contributed by atoms with van der Waals surface area (Å²) in [6.45, 7) is 1.54. The van der Waals surface area contributed by atoms with Crippen LogP contribution < -0.4 is 0 Å². The van der Waals surface area contributed by atoms with Crippen molar-refractivity contribution in [1.29, 1.82) is 0 Å². The second kappa shape index (κ2) is 3.59. The molecule has 0 radical (unpaired) electrons. The molecule has 0 spiro atoms. The summed E-state index contributed by atoms with van der Waals surface area (Å²) in [4.78, 5) is 22.6. The molecule has 0 heterocycles.